The second kappa shape index (κ2) is 18.6. The van der Waals surface area contributed by atoms with Crippen LogP contribution in [0.25, 0.3) is 0 Å². The molecule has 17 heteroatoms. The van der Waals surface area contributed by atoms with Gasteiger partial charge in [-0.1, -0.05) is 18.2 Å². The molecule has 0 radical (unpaired) electrons. The third kappa shape index (κ3) is 9.98. The van der Waals surface area contributed by atoms with Crippen LogP contribution in [0.3, 0.4) is 0 Å². The van der Waals surface area contributed by atoms with E-state index in [4.69, 9.17) is 14.0 Å². The summed E-state index contributed by atoms with van der Waals surface area (Å²) >= 11 is 0. The number of fused-ring (bicyclic) bond motifs is 4. The van der Waals surface area contributed by atoms with Crippen molar-refractivity contribution in [2.75, 3.05) is 48.5 Å². The van der Waals surface area contributed by atoms with Crippen LogP contribution in [0.15, 0.2) is 54.6 Å². The number of carbonyl (C=O) groups is 5. The largest absolute Gasteiger partial charge is 0.484 e. The van der Waals surface area contributed by atoms with E-state index in [9.17, 15) is 33.8 Å². The number of piperidine rings is 2. The normalized spacial score (nSPS) is 27.2. The molecule has 4 aliphatic rings. The van der Waals surface area contributed by atoms with E-state index >= 15 is 0 Å². The summed E-state index contributed by atoms with van der Waals surface area (Å²) in [7, 11) is 4.48. The van der Waals surface area contributed by atoms with E-state index in [2.05, 4.69) is 31.1 Å². The van der Waals surface area contributed by atoms with Crippen LogP contribution in [0.5, 0.6) is 5.75 Å². The summed E-state index contributed by atoms with van der Waals surface area (Å²) in [4.78, 5) is 86.3. The Balaban J connectivity index is 0.000000212. The maximum absolute atomic E-state index is 12.8. The summed E-state index contributed by atoms with van der Waals surface area (Å²) < 4.78 is 16.1. The number of hydrogen-bond donors (Lipinski definition) is 6. The molecule has 55 heavy (non-hydrogen) atoms. The minimum Gasteiger partial charge on any atom is -0.484 e. The number of hydrogen-bond acceptors (Lipinski definition) is 12. The predicted molar refractivity (Wildman–Crippen MR) is 204 cm³/mol. The number of rotatable bonds is 12. The number of carbonyl (C=O) groups excluding carboxylic acids is 5. The molecular formula is C38H54N6O10P+. The topological polar surface area (TPSA) is 208 Å². The molecule has 4 saturated heterocycles. The van der Waals surface area contributed by atoms with Crippen molar-refractivity contribution >= 4 is 42.8 Å². The van der Waals surface area contributed by atoms with E-state index < -0.39 is 25.9 Å². The minimum absolute atomic E-state index is 0.0355. The first-order valence-corrected chi connectivity index (χ1v) is 20.2. The van der Waals surface area contributed by atoms with Gasteiger partial charge in [-0.25, -0.2) is 0 Å². The number of likely N-dealkylation sites (N-methyl/N-ethyl adjacent to an activating group) is 2. The Morgan fingerprint density at radius 2 is 1.40 bits per heavy atom. The summed E-state index contributed by atoms with van der Waals surface area (Å²) in [6.07, 6.45) is 4.37. The quantitative estimate of drug-likeness (QED) is 0.127. The smallest absolute Gasteiger partial charge is 0.443 e. The first-order chi connectivity index (χ1) is 26.3. The number of ether oxygens (including phenoxy) is 2. The number of methoxy groups -OCH3 is 1. The number of amides is 4. The third-order valence-corrected chi connectivity index (χ3v) is 13.0. The van der Waals surface area contributed by atoms with Gasteiger partial charge in [0.05, 0.1) is 19.6 Å². The molecule has 300 valence electrons. The van der Waals surface area contributed by atoms with Crippen LogP contribution >= 0.6 is 7.94 Å². The second-order valence-electron chi connectivity index (χ2n) is 14.5. The molecule has 16 nitrogen and oxygen atoms in total. The summed E-state index contributed by atoms with van der Waals surface area (Å²) in [6.45, 7) is -0.185. The second-order valence-corrected chi connectivity index (χ2v) is 16.3. The SMILES string of the molecule is CNC(=O)CNC(=O)[C@@H]1C2CCC(C[C@@H]1NC(=O)c1ccccc1)N2C.CNC(=O)COc1ccc([P+](O)(O)OC2CC3CCC([C@H]2C(=O)OC)N3C)cc1. The molecule has 0 aliphatic carbocycles. The van der Waals surface area contributed by atoms with Gasteiger partial charge in [0.15, 0.2) is 11.9 Å². The summed E-state index contributed by atoms with van der Waals surface area (Å²) in [5.74, 6) is -1.76. The average molecular weight is 786 g/mol. The molecule has 0 aromatic heterocycles. The number of nitrogens with one attached hydrogen (secondary N) is 4. The van der Waals surface area contributed by atoms with Crippen LogP contribution in [0.2, 0.25) is 0 Å². The van der Waals surface area contributed by atoms with Crippen molar-refractivity contribution in [1.82, 2.24) is 31.1 Å². The van der Waals surface area contributed by atoms with Gasteiger partial charge in [0, 0.05) is 49.9 Å². The van der Waals surface area contributed by atoms with Crippen molar-refractivity contribution in [3.05, 3.63) is 60.2 Å². The molecule has 8 atom stereocenters. The molecule has 0 saturated carbocycles. The fourth-order valence-electron chi connectivity index (χ4n) is 8.37. The highest BCUT2D eigenvalue weighted by Crippen LogP contribution is 2.55. The van der Waals surface area contributed by atoms with E-state index in [1.165, 1.54) is 33.3 Å². The van der Waals surface area contributed by atoms with Gasteiger partial charge in [-0.05, 0) is 89.0 Å². The maximum atomic E-state index is 12.8. The van der Waals surface area contributed by atoms with Gasteiger partial charge in [-0.3, -0.25) is 33.8 Å². The lowest BCUT2D eigenvalue weighted by Crippen LogP contribution is -2.60. The van der Waals surface area contributed by atoms with Gasteiger partial charge >= 0.3 is 13.9 Å². The highest BCUT2D eigenvalue weighted by Gasteiger charge is 2.55. The Morgan fingerprint density at radius 1 is 0.800 bits per heavy atom. The van der Waals surface area contributed by atoms with E-state index in [-0.39, 0.29) is 72.2 Å². The highest BCUT2D eigenvalue weighted by molar-refractivity contribution is 7.67. The monoisotopic (exact) mass is 785 g/mol. The van der Waals surface area contributed by atoms with Crippen molar-refractivity contribution in [1.29, 1.82) is 0 Å². The Hall–Kier alpha value is -4.18. The lowest BCUT2D eigenvalue weighted by atomic mass is 9.84. The zero-order valence-electron chi connectivity index (χ0n) is 32.0. The molecule has 5 unspecified atom stereocenters. The maximum Gasteiger partial charge on any atom is 0.443 e. The molecule has 2 aromatic carbocycles. The number of nitrogens with zero attached hydrogens (tertiary/aromatic N) is 2. The van der Waals surface area contributed by atoms with E-state index in [1.54, 1.807) is 24.3 Å². The average Bonchev–Trinajstić information content (AvgIpc) is 3.56. The van der Waals surface area contributed by atoms with Crippen molar-refractivity contribution < 1.29 is 47.8 Å². The number of esters is 1. The molecule has 4 amide bonds. The van der Waals surface area contributed by atoms with Crippen molar-refractivity contribution in [2.24, 2.45) is 11.8 Å². The molecule has 6 rings (SSSR count). The molecule has 4 fully saturated rings. The third-order valence-electron chi connectivity index (χ3n) is 11.4. The van der Waals surface area contributed by atoms with Crippen LogP contribution in [0.4, 0.5) is 0 Å². The molecular weight excluding hydrogens is 731 g/mol. The van der Waals surface area contributed by atoms with Gasteiger partial charge in [0.2, 0.25) is 11.8 Å². The lowest BCUT2D eigenvalue weighted by Gasteiger charge is -2.42. The van der Waals surface area contributed by atoms with Gasteiger partial charge in [0.1, 0.15) is 17.8 Å². The molecule has 2 aromatic rings. The predicted octanol–water partition coefficient (Wildman–Crippen LogP) is 0.355. The van der Waals surface area contributed by atoms with Crippen LogP contribution in [0, 0.1) is 11.8 Å². The Morgan fingerprint density at radius 3 is 2.00 bits per heavy atom. The van der Waals surface area contributed by atoms with E-state index in [0.29, 0.717) is 23.8 Å². The minimum atomic E-state index is -3.92. The Bertz CT molecular complexity index is 1670. The lowest BCUT2D eigenvalue weighted by molar-refractivity contribution is -0.154. The fourth-order valence-corrected chi connectivity index (χ4v) is 9.62. The summed E-state index contributed by atoms with van der Waals surface area (Å²) in [5.41, 5.74) is 0.586. The summed E-state index contributed by atoms with van der Waals surface area (Å²) in [6, 6.07) is 15.5. The highest BCUT2D eigenvalue weighted by atomic mass is 31.2. The van der Waals surface area contributed by atoms with E-state index in [0.717, 1.165) is 32.1 Å². The van der Waals surface area contributed by atoms with Crippen LogP contribution in [-0.4, -0.2) is 134 Å². The van der Waals surface area contributed by atoms with Gasteiger partial charge in [-0.15, -0.1) is 0 Å². The van der Waals surface area contributed by atoms with E-state index in [1.807, 2.05) is 32.3 Å². The first kappa shape index (κ1) is 42.0. The molecule has 6 N–H and O–H groups in total. The van der Waals surface area contributed by atoms with Gasteiger partial charge < -0.3 is 30.7 Å². The summed E-state index contributed by atoms with van der Waals surface area (Å²) in [5, 5.41) is 10.9. The molecule has 4 bridgehead atoms. The van der Waals surface area contributed by atoms with Crippen LogP contribution in [0.1, 0.15) is 48.9 Å². The zero-order chi connectivity index (χ0) is 39.9. The van der Waals surface area contributed by atoms with Crippen molar-refractivity contribution in [3.8, 4) is 5.75 Å². The van der Waals surface area contributed by atoms with Crippen molar-refractivity contribution in [2.45, 2.75) is 74.8 Å². The first-order valence-electron chi connectivity index (χ1n) is 18.6. The standard InChI is InChI=1S/C19H26N4O3.C19H27N2O7P/c1-20-16(24)11-21-19(26)17-14(10-13-8-9-15(17)23(13)2)22-18(25)12-6-4-3-5-7-12;1-20-17(22)11-27-13-5-7-14(8-6-13)29(24,25)28-16-10-12-4-9-15(21(12)2)18(16)19(23)26-3/h3-7,13-15,17H,8-11H2,1-2H3,(H,20,24)(H,21,26)(H,22,25);5-8,12,15-16,18,24-25H,4,9-11H2,1-3H3/p+1/t13?,14-,15?,17-;12?,15?,16?,18-/m01/s1. The molecule has 4 heterocycles. The fraction of sp³-hybridized carbons (Fsp3) is 0.553. The Labute approximate surface area is 322 Å². The molecule has 0 spiro atoms. The van der Waals surface area contributed by atoms with Gasteiger partial charge in [0.25, 0.3) is 11.8 Å². The zero-order valence-corrected chi connectivity index (χ0v) is 32.9. The van der Waals surface area contributed by atoms with Crippen LogP contribution in [-0.2, 0) is 28.4 Å². The van der Waals surface area contributed by atoms with Crippen LogP contribution < -0.4 is 31.3 Å². The molecule has 4 aliphatic heterocycles. The van der Waals surface area contributed by atoms with Crippen molar-refractivity contribution in [3.63, 3.8) is 0 Å². The Kier molecular flexibility index (Phi) is 14.2. The number of benzene rings is 2. The van der Waals surface area contributed by atoms with Gasteiger partial charge in [-0.2, -0.15) is 14.3 Å².